The van der Waals surface area contributed by atoms with E-state index in [-0.39, 0.29) is 17.2 Å². The van der Waals surface area contributed by atoms with Crippen LogP contribution in [-0.2, 0) is 9.59 Å². The molecule has 18 heavy (non-hydrogen) atoms. The molecular formula is C13H20N2O3. The van der Waals surface area contributed by atoms with Crippen LogP contribution < -0.4 is 5.32 Å². The standard InChI is InChI=1S/C13H20N2O3/c16-11(15-7-1-2-10(15)12(17)18)9-8-13(9)3-5-14-6-4-13/h9-10,14H,1-8H2,(H,17,18). The Morgan fingerprint density at radius 2 is 2.00 bits per heavy atom. The molecule has 1 aliphatic carbocycles. The van der Waals surface area contributed by atoms with Crippen molar-refractivity contribution in [3.8, 4) is 0 Å². The molecule has 3 rings (SSSR count). The van der Waals surface area contributed by atoms with Gasteiger partial charge in [0.1, 0.15) is 6.04 Å². The van der Waals surface area contributed by atoms with Gasteiger partial charge in [-0.3, -0.25) is 4.79 Å². The average Bonchev–Trinajstić information content (AvgIpc) is 2.86. The van der Waals surface area contributed by atoms with E-state index in [4.69, 9.17) is 5.11 Å². The molecule has 0 aromatic rings. The van der Waals surface area contributed by atoms with Gasteiger partial charge in [-0.05, 0) is 50.6 Å². The van der Waals surface area contributed by atoms with Crippen molar-refractivity contribution >= 4 is 11.9 Å². The Hall–Kier alpha value is -1.10. The third-order valence-corrected chi connectivity index (χ3v) is 4.91. The molecule has 0 aromatic heterocycles. The third-order valence-electron chi connectivity index (χ3n) is 4.91. The van der Waals surface area contributed by atoms with Crippen LogP contribution in [0.5, 0.6) is 0 Å². The summed E-state index contributed by atoms with van der Waals surface area (Å²) in [5.74, 6) is -0.651. The summed E-state index contributed by atoms with van der Waals surface area (Å²) in [5.41, 5.74) is 0.202. The number of nitrogens with zero attached hydrogens (tertiary/aromatic N) is 1. The van der Waals surface area contributed by atoms with E-state index in [1.54, 1.807) is 4.90 Å². The molecule has 100 valence electrons. The van der Waals surface area contributed by atoms with Gasteiger partial charge in [0.2, 0.25) is 5.91 Å². The summed E-state index contributed by atoms with van der Waals surface area (Å²) in [6.07, 6.45) is 4.53. The first kappa shape index (κ1) is 12.0. The quantitative estimate of drug-likeness (QED) is 0.748. The lowest BCUT2D eigenvalue weighted by Gasteiger charge is -2.26. The van der Waals surface area contributed by atoms with Crippen LogP contribution in [-0.4, -0.2) is 47.6 Å². The summed E-state index contributed by atoms with van der Waals surface area (Å²) in [5, 5.41) is 12.5. The molecule has 2 saturated heterocycles. The zero-order chi connectivity index (χ0) is 12.8. The summed E-state index contributed by atoms with van der Waals surface area (Å²) in [4.78, 5) is 25.2. The van der Waals surface area contributed by atoms with Crippen LogP contribution in [0.4, 0.5) is 0 Å². The monoisotopic (exact) mass is 252 g/mol. The molecule has 5 heteroatoms. The van der Waals surface area contributed by atoms with Gasteiger partial charge in [-0.15, -0.1) is 0 Å². The first-order valence-corrected chi connectivity index (χ1v) is 6.88. The van der Waals surface area contributed by atoms with Crippen molar-refractivity contribution in [3.63, 3.8) is 0 Å². The van der Waals surface area contributed by atoms with E-state index in [0.717, 1.165) is 38.8 Å². The van der Waals surface area contributed by atoms with Gasteiger partial charge in [0.05, 0.1) is 0 Å². The highest BCUT2D eigenvalue weighted by Gasteiger charge is 2.59. The molecule has 2 aliphatic heterocycles. The lowest BCUT2D eigenvalue weighted by molar-refractivity contribution is -0.149. The predicted octanol–water partition coefficient (Wildman–Crippen LogP) is 0.452. The first-order chi connectivity index (χ1) is 8.64. The maximum atomic E-state index is 12.4. The van der Waals surface area contributed by atoms with Crippen LogP contribution in [0.25, 0.3) is 0 Å². The number of carbonyl (C=O) groups excluding carboxylic acids is 1. The van der Waals surface area contributed by atoms with Crippen LogP contribution in [0.1, 0.15) is 32.1 Å². The Bertz CT molecular complexity index is 376. The highest BCUT2D eigenvalue weighted by Crippen LogP contribution is 2.59. The van der Waals surface area contributed by atoms with Gasteiger partial charge in [0.25, 0.3) is 0 Å². The largest absolute Gasteiger partial charge is 0.480 e. The van der Waals surface area contributed by atoms with Gasteiger partial charge >= 0.3 is 5.97 Å². The Morgan fingerprint density at radius 3 is 2.67 bits per heavy atom. The predicted molar refractivity (Wildman–Crippen MR) is 65.0 cm³/mol. The topological polar surface area (TPSA) is 69.6 Å². The zero-order valence-electron chi connectivity index (χ0n) is 10.5. The van der Waals surface area contributed by atoms with Crippen LogP contribution in [0.3, 0.4) is 0 Å². The molecule has 0 radical (unpaired) electrons. The highest BCUT2D eigenvalue weighted by atomic mass is 16.4. The lowest BCUT2D eigenvalue weighted by Crippen LogP contribution is -2.42. The summed E-state index contributed by atoms with van der Waals surface area (Å²) in [6, 6.07) is -0.572. The van der Waals surface area contributed by atoms with Crippen molar-refractivity contribution in [1.29, 1.82) is 0 Å². The van der Waals surface area contributed by atoms with E-state index in [9.17, 15) is 9.59 Å². The molecule has 1 saturated carbocycles. The van der Waals surface area contributed by atoms with Gasteiger partial charge in [-0.2, -0.15) is 0 Å². The van der Waals surface area contributed by atoms with E-state index in [2.05, 4.69) is 5.32 Å². The maximum absolute atomic E-state index is 12.4. The van der Waals surface area contributed by atoms with Crippen LogP contribution in [0.15, 0.2) is 0 Å². The maximum Gasteiger partial charge on any atom is 0.326 e. The van der Waals surface area contributed by atoms with Crippen LogP contribution in [0, 0.1) is 11.3 Å². The van der Waals surface area contributed by atoms with Gasteiger partial charge in [-0.1, -0.05) is 0 Å². The summed E-state index contributed by atoms with van der Waals surface area (Å²) < 4.78 is 0. The number of amides is 1. The van der Waals surface area contributed by atoms with Gasteiger partial charge in [0.15, 0.2) is 0 Å². The third kappa shape index (κ3) is 1.81. The number of nitrogens with one attached hydrogen (secondary N) is 1. The van der Waals surface area contributed by atoms with Crippen molar-refractivity contribution in [1.82, 2.24) is 10.2 Å². The number of likely N-dealkylation sites (tertiary alicyclic amines) is 1. The summed E-state index contributed by atoms with van der Waals surface area (Å²) in [7, 11) is 0. The number of piperidine rings is 1. The van der Waals surface area contributed by atoms with Crippen molar-refractivity contribution < 1.29 is 14.7 Å². The van der Waals surface area contributed by atoms with Crippen LogP contribution >= 0.6 is 0 Å². The van der Waals surface area contributed by atoms with Gasteiger partial charge in [0, 0.05) is 12.5 Å². The van der Waals surface area contributed by atoms with Crippen molar-refractivity contribution in [3.05, 3.63) is 0 Å². The van der Waals surface area contributed by atoms with E-state index in [0.29, 0.717) is 13.0 Å². The number of hydrogen-bond donors (Lipinski definition) is 2. The second kappa shape index (κ2) is 4.23. The van der Waals surface area contributed by atoms with Crippen molar-refractivity contribution in [2.75, 3.05) is 19.6 Å². The van der Waals surface area contributed by atoms with E-state index >= 15 is 0 Å². The SMILES string of the molecule is O=C(O)C1CCCN1C(=O)C1CC12CCNCC2. The van der Waals surface area contributed by atoms with Crippen LogP contribution in [0.2, 0.25) is 0 Å². The Morgan fingerprint density at radius 1 is 1.28 bits per heavy atom. The minimum absolute atomic E-state index is 0.0968. The number of rotatable bonds is 2. The minimum atomic E-state index is -0.846. The molecule has 2 atom stereocenters. The fraction of sp³-hybridized carbons (Fsp3) is 0.846. The molecule has 1 spiro atoms. The summed E-state index contributed by atoms with van der Waals surface area (Å²) >= 11 is 0. The van der Waals surface area contributed by atoms with E-state index in [1.807, 2.05) is 0 Å². The molecule has 2 heterocycles. The minimum Gasteiger partial charge on any atom is -0.480 e. The van der Waals surface area contributed by atoms with E-state index < -0.39 is 12.0 Å². The number of carboxylic acid groups (broad SMARTS) is 1. The second-order valence-electron chi connectivity index (χ2n) is 5.90. The fourth-order valence-corrected chi connectivity index (χ4v) is 3.66. The average molecular weight is 252 g/mol. The Kier molecular flexibility index (Phi) is 2.81. The Balaban J connectivity index is 1.67. The lowest BCUT2D eigenvalue weighted by atomic mass is 9.91. The molecule has 2 unspecified atom stereocenters. The number of aliphatic carboxylic acids is 1. The fourth-order valence-electron chi connectivity index (χ4n) is 3.66. The molecular weight excluding hydrogens is 232 g/mol. The smallest absolute Gasteiger partial charge is 0.326 e. The van der Waals surface area contributed by atoms with Crippen molar-refractivity contribution in [2.24, 2.45) is 11.3 Å². The Labute approximate surface area is 107 Å². The molecule has 5 nitrogen and oxygen atoms in total. The molecule has 0 bridgehead atoms. The molecule has 0 aromatic carbocycles. The normalized spacial score (nSPS) is 33.7. The van der Waals surface area contributed by atoms with Gasteiger partial charge in [-0.25, -0.2) is 4.79 Å². The first-order valence-electron chi connectivity index (χ1n) is 6.88. The molecule has 3 aliphatic rings. The number of carboxylic acids is 1. The molecule has 2 N–H and O–H groups in total. The number of carbonyl (C=O) groups is 2. The molecule has 3 fully saturated rings. The second-order valence-corrected chi connectivity index (χ2v) is 5.90. The number of hydrogen-bond acceptors (Lipinski definition) is 3. The highest BCUT2D eigenvalue weighted by molar-refractivity contribution is 5.88. The molecule has 1 amide bonds. The summed E-state index contributed by atoms with van der Waals surface area (Å²) in [6.45, 7) is 2.61. The van der Waals surface area contributed by atoms with E-state index in [1.165, 1.54) is 0 Å². The van der Waals surface area contributed by atoms with Crippen molar-refractivity contribution in [2.45, 2.75) is 38.1 Å². The zero-order valence-corrected chi connectivity index (χ0v) is 10.5. The van der Waals surface area contributed by atoms with Gasteiger partial charge < -0.3 is 15.3 Å².